The van der Waals surface area contributed by atoms with E-state index in [1.165, 1.54) is 0 Å². The van der Waals surface area contributed by atoms with Crippen molar-refractivity contribution in [3.8, 4) is 5.75 Å². The molecule has 1 radical (unpaired) electrons. The van der Waals surface area contributed by atoms with Crippen molar-refractivity contribution in [3.63, 3.8) is 0 Å². The topological polar surface area (TPSA) is 55.4 Å². The standard InChI is InChI=1S/C8H10NO3/c1-3-9-5-6(10)7(11)8(5)12-4-2/h9H,1,3-4H2,2H3. The quantitative estimate of drug-likeness (QED) is 0.639. The highest BCUT2D eigenvalue weighted by atomic mass is 16.5. The lowest BCUT2D eigenvalue weighted by atomic mass is 10.2. The van der Waals surface area contributed by atoms with E-state index in [1.807, 2.05) is 0 Å². The molecule has 0 unspecified atom stereocenters. The van der Waals surface area contributed by atoms with Gasteiger partial charge in [-0.05, 0) is 13.8 Å². The molecule has 12 heavy (non-hydrogen) atoms. The van der Waals surface area contributed by atoms with Crippen molar-refractivity contribution < 1.29 is 4.74 Å². The summed E-state index contributed by atoms with van der Waals surface area (Å²) in [5.74, 6) is 0.145. The van der Waals surface area contributed by atoms with Crippen LogP contribution in [0.1, 0.15) is 6.92 Å². The zero-order valence-corrected chi connectivity index (χ0v) is 6.85. The van der Waals surface area contributed by atoms with Gasteiger partial charge in [0.2, 0.25) is 0 Å². The van der Waals surface area contributed by atoms with Gasteiger partial charge in [-0.2, -0.15) is 0 Å². The fourth-order valence-electron chi connectivity index (χ4n) is 0.938. The van der Waals surface area contributed by atoms with E-state index in [9.17, 15) is 9.59 Å². The highest BCUT2D eigenvalue weighted by Gasteiger charge is 2.20. The molecule has 1 aromatic rings. The van der Waals surface area contributed by atoms with E-state index in [-0.39, 0.29) is 11.4 Å². The van der Waals surface area contributed by atoms with Gasteiger partial charge in [-0.25, -0.2) is 0 Å². The Balaban J connectivity index is 2.89. The van der Waals surface area contributed by atoms with Crippen LogP contribution in [0.25, 0.3) is 0 Å². The predicted molar refractivity (Wildman–Crippen MR) is 46.4 cm³/mol. The zero-order valence-electron chi connectivity index (χ0n) is 6.85. The van der Waals surface area contributed by atoms with Gasteiger partial charge >= 0.3 is 0 Å². The molecule has 0 saturated heterocycles. The van der Waals surface area contributed by atoms with Crippen LogP contribution >= 0.6 is 0 Å². The van der Waals surface area contributed by atoms with Crippen LogP contribution in [0.15, 0.2) is 9.59 Å². The molecular formula is C8H10NO3. The fraction of sp³-hybridized carbons (Fsp3) is 0.375. The summed E-state index contributed by atoms with van der Waals surface area (Å²) >= 11 is 0. The normalized spacial score (nSPS) is 10.2. The smallest absolute Gasteiger partial charge is 0.272 e. The Morgan fingerprint density at radius 1 is 1.42 bits per heavy atom. The Morgan fingerprint density at radius 3 is 2.58 bits per heavy atom. The molecule has 4 nitrogen and oxygen atoms in total. The molecule has 0 aliphatic heterocycles. The van der Waals surface area contributed by atoms with Crippen LogP contribution in [0.3, 0.4) is 0 Å². The summed E-state index contributed by atoms with van der Waals surface area (Å²) in [6, 6.07) is 0. The van der Waals surface area contributed by atoms with Crippen LogP contribution in [0.5, 0.6) is 5.75 Å². The summed E-state index contributed by atoms with van der Waals surface area (Å²) < 4.78 is 4.94. The molecular weight excluding hydrogens is 158 g/mol. The number of hydrogen-bond donors (Lipinski definition) is 1. The van der Waals surface area contributed by atoms with Crippen LogP contribution in [0, 0.1) is 6.92 Å². The monoisotopic (exact) mass is 168 g/mol. The summed E-state index contributed by atoms with van der Waals surface area (Å²) in [4.78, 5) is 21.7. The molecule has 1 aromatic carbocycles. The summed E-state index contributed by atoms with van der Waals surface area (Å²) in [5, 5.41) is 2.67. The predicted octanol–water partition coefficient (Wildman–Crippen LogP) is -0.0727. The van der Waals surface area contributed by atoms with Gasteiger partial charge in [-0.1, -0.05) is 0 Å². The van der Waals surface area contributed by atoms with Gasteiger partial charge in [0.25, 0.3) is 10.9 Å². The fourth-order valence-corrected chi connectivity index (χ4v) is 0.938. The van der Waals surface area contributed by atoms with Crippen molar-refractivity contribution in [2.45, 2.75) is 6.92 Å². The van der Waals surface area contributed by atoms with Gasteiger partial charge < -0.3 is 10.1 Å². The van der Waals surface area contributed by atoms with Gasteiger partial charge in [0.15, 0.2) is 5.75 Å². The lowest BCUT2D eigenvalue weighted by molar-refractivity contribution is 0.335. The molecule has 0 aliphatic rings. The first-order valence-electron chi connectivity index (χ1n) is 3.71. The second-order valence-corrected chi connectivity index (χ2v) is 2.22. The van der Waals surface area contributed by atoms with Gasteiger partial charge in [-0.3, -0.25) is 9.59 Å². The third kappa shape index (κ3) is 1.20. The van der Waals surface area contributed by atoms with E-state index in [0.717, 1.165) is 0 Å². The molecule has 0 fully saturated rings. The molecule has 1 N–H and O–H groups in total. The number of nitrogens with one attached hydrogen (secondary N) is 1. The molecule has 0 atom stereocenters. The number of hydrogen-bond acceptors (Lipinski definition) is 4. The van der Waals surface area contributed by atoms with Crippen LogP contribution in [-0.2, 0) is 0 Å². The minimum absolute atomic E-state index is 0.145. The molecule has 0 aromatic heterocycles. The Kier molecular flexibility index (Phi) is 2.47. The lowest BCUT2D eigenvalue weighted by Gasteiger charge is -2.10. The molecule has 0 spiro atoms. The molecule has 0 amide bonds. The summed E-state index contributed by atoms with van der Waals surface area (Å²) in [6.45, 7) is 6.00. The summed E-state index contributed by atoms with van der Waals surface area (Å²) in [7, 11) is 0. The molecule has 0 aliphatic carbocycles. The van der Waals surface area contributed by atoms with Crippen molar-refractivity contribution in [3.05, 3.63) is 27.4 Å². The average Bonchev–Trinajstić information content (AvgIpc) is 2.10. The minimum Gasteiger partial charge on any atom is -0.488 e. The highest BCUT2D eigenvalue weighted by Crippen LogP contribution is 2.16. The first kappa shape index (κ1) is 8.77. The minimum atomic E-state index is -0.548. The first-order chi connectivity index (χ1) is 5.72. The van der Waals surface area contributed by atoms with Gasteiger partial charge in [0.1, 0.15) is 5.69 Å². The summed E-state index contributed by atoms with van der Waals surface area (Å²) in [6.07, 6.45) is 0. The van der Waals surface area contributed by atoms with Crippen LogP contribution in [0.4, 0.5) is 5.69 Å². The average molecular weight is 168 g/mol. The van der Waals surface area contributed by atoms with E-state index < -0.39 is 10.9 Å². The van der Waals surface area contributed by atoms with Gasteiger partial charge in [0.05, 0.1) is 6.61 Å². The largest absolute Gasteiger partial charge is 0.488 e. The third-order valence-corrected chi connectivity index (χ3v) is 1.46. The second kappa shape index (κ2) is 3.38. The Hall–Kier alpha value is -1.32. The van der Waals surface area contributed by atoms with Crippen molar-refractivity contribution >= 4 is 5.69 Å². The Bertz CT molecular complexity index is 302. The van der Waals surface area contributed by atoms with Crippen molar-refractivity contribution in [1.29, 1.82) is 0 Å². The zero-order chi connectivity index (χ0) is 9.14. The van der Waals surface area contributed by atoms with Crippen LogP contribution in [0.2, 0.25) is 0 Å². The highest BCUT2D eigenvalue weighted by molar-refractivity contribution is 5.61. The maximum absolute atomic E-state index is 10.9. The second-order valence-electron chi connectivity index (χ2n) is 2.22. The molecule has 0 bridgehead atoms. The van der Waals surface area contributed by atoms with Gasteiger partial charge in [0, 0.05) is 6.54 Å². The molecule has 0 saturated carbocycles. The van der Waals surface area contributed by atoms with E-state index in [4.69, 9.17) is 4.74 Å². The van der Waals surface area contributed by atoms with Crippen LogP contribution < -0.4 is 20.9 Å². The van der Waals surface area contributed by atoms with E-state index in [0.29, 0.717) is 13.2 Å². The maximum Gasteiger partial charge on any atom is 0.272 e. The Morgan fingerprint density at radius 2 is 2.08 bits per heavy atom. The maximum atomic E-state index is 10.9. The Labute approximate surface area is 69.9 Å². The third-order valence-electron chi connectivity index (χ3n) is 1.46. The molecule has 4 heteroatoms. The molecule has 0 heterocycles. The van der Waals surface area contributed by atoms with Crippen LogP contribution in [-0.4, -0.2) is 13.2 Å². The number of ether oxygens (including phenoxy) is 1. The van der Waals surface area contributed by atoms with Crippen molar-refractivity contribution in [2.24, 2.45) is 0 Å². The molecule has 65 valence electrons. The first-order valence-corrected chi connectivity index (χ1v) is 3.71. The van der Waals surface area contributed by atoms with E-state index >= 15 is 0 Å². The molecule has 1 rings (SSSR count). The SMILES string of the molecule is [CH2]CNc1c(OCC)c(=O)c1=O. The van der Waals surface area contributed by atoms with E-state index in [2.05, 4.69) is 12.2 Å². The summed E-state index contributed by atoms with van der Waals surface area (Å²) in [5.41, 5.74) is -0.799. The lowest BCUT2D eigenvalue weighted by Crippen LogP contribution is -2.35. The van der Waals surface area contributed by atoms with Crippen molar-refractivity contribution in [2.75, 3.05) is 18.5 Å². The number of anilines is 1. The van der Waals surface area contributed by atoms with Crippen molar-refractivity contribution in [1.82, 2.24) is 0 Å². The number of rotatable bonds is 4. The van der Waals surface area contributed by atoms with Gasteiger partial charge in [-0.15, -0.1) is 0 Å². The van der Waals surface area contributed by atoms with E-state index in [1.54, 1.807) is 6.92 Å².